The van der Waals surface area contributed by atoms with Crippen LogP contribution in [-0.2, 0) is 0 Å². The minimum absolute atomic E-state index is 0.0179. The molecule has 0 saturated heterocycles. The zero-order chi connectivity index (χ0) is 16.1. The van der Waals surface area contributed by atoms with Crippen molar-refractivity contribution in [2.45, 2.75) is 12.9 Å². The molecule has 1 heterocycles. The summed E-state index contributed by atoms with van der Waals surface area (Å²) < 4.78 is 53.4. The Labute approximate surface area is 96.6 Å². The van der Waals surface area contributed by atoms with E-state index in [0.717, 1.165) is 6.92 Å². The summed E-state index contributed by atoms with van der Waals surface area (Å²) in [5, 5.41) is 1.95. The monoisotopic (exact) mass is 213 g/mol. The second kappa shape index (κ2) is 3.90. The molecule has 0 saturated carbocycles. The van der Waals surface area contributed by atoms with E-state index in [1.54, 1.807) is 0 Å². The van der Waals surface area contributed by atoms with Gasteiger partial charge in [0.25, 0.3) is 0 Å². The second-order valence-electron chi connectivity index (χ2n) is 3.03. The molecule has 1 aromatic carbocycles. The van der Waals surface area contributed by atoms with Gasteiger partial charge in [-0.25, -0.2) is 0 Å². The minimum Gasteiger partial charge on any atom is -0.454 e. The Bertz CT molecular complexity index is 584. The fourth-order valence-electron chi connectivity index (χ4n) is 1.20. The number of benzene rings is 1. The van der Waals surface area contributed by atoms with Crippen molar-refractivity contribution >= 4 is 5.78 Å². The third kappa shape index (κ3) is 1.80. The van der Waals surface area contributed by atoms with Crippen LogP contribution in [0.2, 0.25) is 0 Å². The van der Waals surface area contributed by atoms with Gasteiger partial charge in [-0.3, -0.25) is 4.79 Å². The van der Waals surface area contributed by atoms with E-state index in [1.165, 1.54) is 18.2 Å². The fourth-order valence-corrected chi connectivity index (χ4v) is 1.20. The Kier molecular flexibility index (Phi) is 1.30. The number of carbonyl (C=O) groups excluding carboxylic acids is 1. The van der Waals surface area contributed by atoms with E-state index >= 15 is 0 Å². The molecule has 0 spiro atoms. The number of likely N-dealkylation sites (N-methyl/N-ethyl adjacent to an activating group) is 1. The fraction of sp³-hybridized carbons (Fsp3) is 0.364. The average molecular weight is 213 g/mol. The predicted octanol–water partition coefficient (Wildman–Crippen LogP) is 1.21. The Balaban J connectivity index is 2.26. The summed E-state index contributed by atoms with van der Waals surface area (Å²) in [4.78, 5) is 12.2. The molecule has 0 fully saturated rings. The maximum Gasteiger partial charge on any atom is 0.231 e. The van der Waals surface area contributed by atoms with Crippen molar-refractivity contribution in [2.24, 2.45) is 0 Å². The average Bonchev–Trinajstić information content (AvgIpc) is 2.57. The largest absolute Gasteiger partial charge is 0.454 e. The minimum atomic E-state index is -2.64. The molecule has 0 bridgehead atoms. The van der Waals surface area contributed by atoms with E-state index < -0.39 is 25.5 Å². The van der Waals surface area contributed by atoms with E-state index in [2.05, 4.69) is 0 Å². The van der Waals surface area contributed by atoms with E-state index in [4.69, 9.17) is 17.7 Å². The van der Waals surface area contributed by atoms with Gasteiger partial charge >= 0.3 is 0 Å². The molecule has 1 atom stereocenters. The molecule has 0 aliphatic carbocycles. The number of hydrogen-bond donors (Lipinski definition) is 1. The summed E-state index contributed by atoms with van der Waals surface area (Å²) in [6.45, 7) is -3.82. The van der Waals surface area contributed by atoms with Crippen molar-refractivity contribution in [2.75, 3.05) is 13.7 Å². The zero-order valence-electron chi connectivity index (χ0n) is 14.0. The smallest absolute Gasteiger partial charge is 0.231 e. The van der Waals surface area contributed by atoms with Gasteiger partial charge in [-0.05, 0) is 32.1 Å². The maximum atomic E-state index is 12.2. The van der Waals surface area contributed by atoms with Crippen molar-refractivity contribution in [3.05, 3.63) is 23.8 Å². The van der Waals surface area contributed by atoms with Gasteiger partial charge in [-0.1, -0.05) is 0 Å². The third-order valence-electron chi connectivity index (χ3n) is 2.04. The number of ketones is 1. The first-order valence-electron chi connectivity index (χ1n) is 7.26. The van der Waals surface area contributed by atoms with Crippen molar-refractivity contribution < 1.29 is 22.5 Å². The summed E-state index contributed by atoms with van der Waals surface area (Å²) in [6, 6.07) is 1.81. The molecule has 4 heteroatoms. The van der Waals surface area contributed by atoms with E-state index in [0.29, 0.717) is 0 Å². The summed E-state index contributed by atoms with van der Waals surface area (Å²) >= 11 is 0. The maximum absolute atomic E-state index is 12.2. The van der Waals surface area contributed by atoms with E-state index in [9.17, 15) is 4.79 Å². The first kappa shape index (κ1) is 4.99. The zero-order valence-corrected chi connectivity index (χ0v) is 7.96. The third-order valence-corrected chi connectivity index (χ3v) is 2.04. The van der Waals surface area contributed by atoms with Gasteiger partial charge in [0, 0.05) is 9.68 Å². The lowest BCUT2D eigenvalue weighted by Gasteiger charge is -2.09. The molecule has 80 valence electrons. The highest BCUT2D eigenvalue weighted by molar-refractivity contribution is 6.00. The molecular weight excluding hydrogens is 194 g/mol. The number of fused-ring (bicyclic) bond motifs is 1. The second-order valence-corrected chi connectivity index (χ2v) is 3.03. The van der Waals surface area contributed by atoms with Crippen LogP contribution in [0.25, 0.3) is 0 Å². The van der Waals surface area contributed by atoms with Crippen LogP contribution in [0.4, 0.5) is 0 Å². The Hall–Kier alpha value is -1.55. The van der Waals surface area contributed by atoms with Crippen molar-refractivity contribution in [3.63, 3.8) is 0 Å². The first-order valence-corrected chi connectivity index (χ1v) is 4.26. The summed E-state index contributed by atoms with van der Waals surface area (Å²) in [5.74, 6) is -0.625. The highest BCUT2D eigenvalue weighted by atomic mass is 16.7. The molecule has 1 aromatic rings. The summed E-state index contributed by atoms with van der Waals surface area (Å²) in [7, 11) is 0. The van der Waals surface area contributed by atoms with Gasteiger partial charge in [0.05, 0.1) is 7.39 Å². The van der Waals surface area contributed by atoms with Gasteiger partial charge in [-0.2, -0.15) is 0 Å². The SMILES string of the molecule is [2H]C([2H])([2H])N[C@@]([2H])(C)C(=O)c1ccc2c(c1)OC([2H])([2H])O2. The van der Waals surface area contributed by atoms with Crippen LogP contribution in [0.3, 0.4) is 0 Å². The molecule has 2 rings (SSSR count). The van der Waals surface area contributed by atoms with Crippen molar-refractivity contribution in [1.29, 1.82) is 0 Å². The van der Waals surface area contributed by atoms with Gasteiger partial charge in [0.15, 0.2) is 17.3 Å². The molecule has 1 aliphatic rings. The van der Waals surface area contributed by atoms with Crippen molar-refractivity contribution in [1.82, 2.24) is 5.32 Å². The van der Waals surface area contributed by atoms with Gasteiger partial charge < -0.3 is 14.8 Å². The van der Waals surface area contributed by atoms with Crippen molar-refractivity contribution in [3.8, 4) is 11.5 Å². The van der Waals surface area contributed by atoms with Crippen LogP contribution in [-0.4, -0.2) is 25.5 Å². The molecule has 1 N–H and O–H groups in total. The summed E-state index contributed by atoms with van der Waals surface area (Å²) in [5.41, 5.74) is 0.0179. The molecule has 0 unspecified atom stereocenters. The number of Topliss-reactive ketones (excluding diaryl/α,β-unsaturated/α-hetero) is 1. The number of hydrogen-bond acceptors (Lipinski definition) is 4. The van der Waals surface area contributed by atoms with Crippen LogP contribution in [0.1, 0.15) is 25.5 Å². The van der Waals surface area contributed by atoms with Crippen LogP contribution in [0.15, 0.2) is 18.2 Å². The number of rotatable bonds is 3. The molecule has 15 heavy (non-hydrogen) atoms. The first-order chi connectivity index (χ1) is 9.40. The van der Waals surface area contributed by atoms with Crippen LogP contribution >= 0.6 is 0 Å². The van der Waals surface area contributed by atoms with Gasteiger partial charge in [0.1, 0.15) is 2.74 Å². The standard InChI is InChI=1S/C11H13NO3/c1-7(12-2)11(13)8-3-4-9-10(5-8)15-6-14-9/h3-5,7,12H,6H2,1-2H3/t7-/m0/s1/i2D3,6D2,7D. The van der Waals surface area contributed by atoms with Crippen LogP contribution in [0.5, 0.6) is 11.5 Å². The molecule has 0 radical (unpaired) electrons. The highest BCUT2D eigenvalue weighted by Gasteiger charge is 2.18. The Morgan fingerprint density at radius 1 is 1.67 bits per heavy atom. The predicted molar refractivity (Wildman–Crippen MR) is 55.4 cm³/mol. The Morgan fingerprint density at radius 2 is 2.47 bits per heavy atom. The lowest BCUT2D eigenvalue weighted by atomic mass is 10.1. The lowest BCUT2D eigenvalue weighted by Crippen LogP contribution is -2.30. The van der Waals surface area contributed by atoms with Gasteiger partial charge in [-0.15, -0.1) is 0 Å². The molecular formula is C11H13NO3. The van der Waals surface area contributed by atoms with Gasteiger partial charge in [0.2, 0.25) is 6.75 Å². The Morgan fingerprint density at radius 3 is 3.27 bits per heavy atom. The number of nitrogens with one attached hydrogen (secondary N) is 1. The van der Waals surface area contributed by atoms with Crippen LogP contribution in [0, 0.1) is 0 Å². The molecule has 0 amide bonds. The van der Waals surface area contributed by atoms with E-state index in [1.807, 2.05) is 5.32 Å². The quantitative estimate of drug-likeness (QED) is 0.767. The molecule has 1 aliphatic heterocycles. The molecule has 0 aromatic heterocycles. The normalized spacial score (nSPS) is 27.3. The highest BCUT2D eigenvalue weighted by Crippen LogP contribution is 2.32. The number of ether oxygens (including phenoxy) is 2. The number of carbonyl (C=O) groups is 1. The topological polar surface area (TPSA) is 47.6 Å². The van der Waals surface area contributed by atoms with E-state index in [-0.39, 0.29) is 17.1 Å². The molecule has 4 nitrogen and oxygen atoms in total. The van der Waals surface area contributed by atoms with Crippen LogP contribution < -0.4 is 14.8 Å². The lowest BCUT2D eigenvalue weighted by molar-refractivity contribution is 0.0954. The summed E-state index contributed by atoms with van der Waals surface area (Å²) in [6.07, 6.45) is 0.